The molecule has 3 atom stereocenters. The highest BCUT2D eigenvalue weighted by Gasteiger charge is 2.33. The van der Waals surface area contributed by atoms with Gasteiger partial charge in [-0.2, -0.15) is 0 Å². The Hall–Kier alpha value is -4.56. The molecule has 0 unspecified atom stereocenters. The smallest absolute Gasteiger partial charge is 0.243 e. The summed E-state index contributed by atoms with van der Waals surface area (Å²) in [6, 6.07) is 20.4. The molecule has 264 valence electrons. The highest BCUT2D eigenvalue weighted by Crippen LogP contribution is 2.45. The standard InChI is InChI=1S/C38H50N3O7P/c1-24(2)22-34(40-38(45)36(25(3)4)41-37(44)26(5)39-27(6)42)35(43)23-49(31-16-10-28(46-7)11-17-31,32-18-12-29(47-8)13-19-32)33-20-14-30(48-9)15-21-33/h10-21,23-26,34,36H,22H2,1-9H3,(H,39,42)(H,40,45)(H,41,44)/t26-,34-,36-/m0/s1. The number of nitrogens with one attached hydrogen (secondary N) is 3. The summed E-state index contributed by atoms with van der Waals surface area (Å²) in [4.78, 5) is 53.0. The molecule has 0 saturated carbocycles. The zero-order chi connectivity index (χ0) is 36.3. The predicted molar refractivity (Wildman–Crippen MR) is 197 cm³/mol. The lowest BCUT2D eigenvalue weighted by molar-refractivity contribution is -0.133. The lowest BCUT2D eigenvalue weighted by atomic mass is 9.98. The number of benzene rings is 3. The first-order valence-electron chi connectivity index (χ1n) is 16.4. The molecule has 49 heavy (non-hydrogen) atoms. The first-order valence-corrected chi connectivity index (χ1v) is 18.2. The van der Waals surface area contributed by atoms with Gasteiger partial charge in [-0.05, 0) is 90.2 Å². The molecule has 10 nitrogen and oxygen atoms in total. The number of methoxy groups -OCH3 is 3. The van der Waals surface area contributed by atoms with E-state index >= 15 is 0 Å². The van der Waals surface area contributed by atoms with Gasteiger partial charge in [-0.15, -0.1) is 0 Å². The van der Waals surface area contributed by atoms with E-state index in [9.17, 15) is 19.2 Å². The van der Waals surface area contributed by atoms with Gasteiger partial charge in [0.15, 0.2) is 5.78 Å². The molecule has 0 aliphatic carbocycles. The second-order valence-corrected chi connectivity index (χ2v) is 15.9. The third-order valence-electron chi connectivity index (χ3n) is 8.19. The maximum absolute atomic E-state index is 14.7. The van der Waals surface area contributed by atoms with E-state index in [0.29, 0.717) is 23.7 Å². The Morgan fingerprint density at radius 3 is 1.37 bits per heavy atom. The molecule has 3 aromatic rings. The zero-order valence-corrected chi connectivity index (χ0v) is 30.8. The minimum Gasteiger partial charge on any atom is -0.497 e. The van der Waals surface area contributed by atoms with E-state index in [1.807, 2.05) is 100 Å². The Kier molecular flexibility index (Phi) is 14.1. The lowest BCUT2D eigenvalue weighted by Gasteiger charge is -2.30. The Bertz CT molecular complexity index is 1510. The summed E-state index contributed by atoms with van der Waals surface area (Å²) in [6.45, 7) is 7.63. The quantitative estimate of drug-likeness (QED) is 0.196. The average Bonchev–Trinajstić information content (AvgIpc) is 3.08. The molecule has 3 N–H and O–H groups in total. The number of carbonyl (C=O) groups is 4. The molecule has 0 saturated heterocycles. The molecule has 3 aromatic carbocycles. The highest BCUT2D eigenvalue weighted by atomic mass is 31.2. The number of ether oxygens (including phenoxy) is 3. The van der Waals surface area contributed by atoms with Gasteiger partial charge in [0.2, 0.25) is 17.7 Å². The second kappa shape index (κ2) is 17.7. The normalized spacial score (nSPS) is 13.1. The molecule has 0 aromatic heterocycles. The van der Waals surface area contributed by atoms with Gasteiger partial charge >= 0.3 is 0 Å². The summed E-state index contributed by atoms with van der Waals surface area (Å²) in [5.41, 5.74) is 0. The third kappa shape index (κ3) is 9.98. The molecule has 3 rings (SSSR count). The SMILES string of the molecule is COc1ccc(P(=CC(=O)[C@H](CC(C)C)NC(=O)[C@@H](NC(=O)[C@H](C)NC(C)=O)C(C)C)(c2ccc(OC)cc2)c2ccc(OC)cc2)cc1. The van der Waals surface area contributed by atoms with Crippen molar-refractivity contribution < 1.29 is 33.4 Å². The van der Waals surface area contributed by atoms with Crippen molar-refractivity contribution in [3.8, 4) is 17.2 Å². The molecule has 11 heteroatoms. The van der Waals surface area contributed by atoms with Crippen LogP contribution in [0.25, 0.3) is 0 Å². The lowest BCUT2D eigenvalue weighted by Crippen LogP contribution is -2.57. The van der Waals surface area contributed by atoms with Crippen LogP contribution in [0, 0.1) is 11.8 Å². The molecule has 3 amide bonds. The topological polar surface area (TPSA) is 132 Å². The van der Waals surface area contributed by atoms with E-state index in [1.165, 1.54) is 6.92 Å². The van der Waals surface area contributed by atoms with Gasteiger partial charge in [-0.3, -0.25) is 19.2 Å². The van der Waals surface area contributed by atoms with E-state index in [2.05, 4.69) is 16.0 Å². The van der Waals surface area contributed by atoms with Crippen LogP contribution in [-0.4, -0.2) is 68.8 Å². The third-order valence-corrected chi connectivity index (χ3v) is 12.2. The van der Waals surface area contributed by atoms with Crippen LogP contribution < -0.4 is 46.1 Å². The second-order valence-electron chi connectivity index (χ2n) is 12.7. The van der Waals surface area contributed by atoms with Gasteiger partial charge in [0.05, 0.1) is 27.4 Å². The van der Waals surface area contributed by atoms with Crippen molar-refractivity contribution in [2.75, 3.05) is 21.3 Å². The molecule has 0 spiro atoms. The molecular weight excluding hydrogens is 641 g/mol. The molecule has 0 fully saturated rings. The Morgan fingerprint density at radius 1 is 0.633 bits per heavy atom. The van der Waals surface area contributed by atoms with Crippen LogP contribution in [0.5, 0.6) is 17.2 Å². The highest BCUT2D eigenvalue weighted by molar-refractivity contribution is 7.95. The van der Waals surface area contributed by atoms with Crippen LogP contribution in [-0.2, 0) is 19.2 Å². The van der Waals surface area contributed by atoms with Crippen LogP contribution >= 0.6 is 6.89 Å². The number of hydrogen-bond donors (Lipinski definition) is 3. The van der Waals surface area contributed by atoms with E-state index in [4.69, 9.17) is 14.2 Å². The first-order chi connectivity index (χ1) is 23.2. The fourth-order valence-corrected chi connectivity index (χ4v) is 9.33. The van der Waals surface area contributed by atoms with Crippen LogP contribution in [0.1, 0.15) is 48.0 Å². The van der Waals surface area contributed by atoms with Crippen molar-refractivity contribution in [2.45, 2.75) is 66.1 Å². The zero-order valence-electron chi connectivity index (χ0n) is 29.9. The minimum absolute atomic E-state index is 0.0604. The van der Waals surface area contributed by atoms with Gasteiger partial charge in [-0.25, -0.2) is 0 Å². The van der Waals surface area contributed by atoms with Gasteiger partial charge in [0.1, 0.15) is 29.3 Å². The number of rotatable bonds is 16. The number of amides is 3. The van der Waals surface area contributed by atoms with Crippen molar-refractivity contribution in [3.05, 3.63) is 72.8 Å². The maximum atomic E-state index is 14.7. The summed E-state index contributed by atoms with van der Waals surface area (Å²) in [5.74, 6) is 2.00. The minimum atomic E-state index is -2.84. The van der Waals surface area contributed by atoms with Gasteiger partial charge in [0.25, 0.3) is 0 Å². The monoisotopic (exact) mass is 691 g/mol. The van der Waals surface area contributed by atoms with Crippen molar-refractivity contribution in [2.24, 2.45) is 11.8 Å². The number of carbonyl (C=O) groups excluding carboxylic acids is 4. The van der Waals surface area contributed by atoms with Crippen molar-refractivity contribution in [3.63, 3.8) is 0 Å². The Morgan fingerprint density at radius 2 is 1.04 bits per heavy atom. The van der Waals surface area contributed by atoms with Gasteiger partial charge in [-0.1, -0.05) is 64.1 Å². The molecular formula is C38H50N3O7P. The van der Waals surface area contributed by atoms with Crippen molar-refractivity contribution >= 4 is 52.1 Å². The molecule has 0 heterocycles. The van der Waals surface area contributed by atoms with Crippen LogP contribution in [0.3, 0.4) is 0 Å². The first kappa shape index (κ1) is 38.9. The average molecular weight is 692 g/mol. The van der Waals surface area contributed by atoms with Gasteiger partial charge in [0, 0.05) is 6.92 Å². The van der Waals surface area contributed by atoms with E-state index < -0.39 is 36.8 Å². The Labute approximate surface area is 290 Å². The number of ketones is 1. The largest absolute Gasteiger partial charge is 0.497 e. The number of hydrogen-bond acceptors (Lipinski definition) is 7. The summed E-state index contributed by atoms with van der Waals surface area (Å²) < 4.78 is 16.4. The van der Waals surface area contributed by atoms with Crippen LogP contribution in [0.2, 0.25) is 0 Å². The summed E-state index contributed by atoms with van der Waals surface area (Å²) in [6.07, 6.45) is 0.371. The van der Waals surface area contributed by atoms with E-state index in [0.717, 1.165) is 15.9 Å². The van der Waals surface area contributed by atoms with Crippen LogP contribution in [0.4, 0.5) is 0 Å². The fourth-order valence-electron chi connectivity index (χ4n) is 5.57. The van der Waals surface area contributed by atoms with Crippen molar-refractivity contribution in [1.29, 1.82) is 0 Å². The van der Waals surface area contributed by atoms with Gasteiger partial charge < -0.3 is 30.2 Å². The summed E-state index contributed by atoms with van der Waals surface area (Å²) in [7, 11) is 4.81. The maximum Gasteiger partial charge on any atom is 0.243 e. The summed E-state index contributed by atoms with van der Waals surface area (Å²) in [5, 5.41) is 11.0. The van der Waals surface area contributed by atoms with Crippen LogP contribution in [0.15, 0.2) is 72.8 Å². The number of Topliss-reactive ketones (excluding diaryl/α,β-unsaturated/α-hetero) is 1. The molecule has 0 radical (unpaired) electrons. The molecule has 0 aliphatic rings. The fraction of sp³-hybridized carbons (Fsp3) is 0.395. The van der Waals surface area contributed by atoms with E-state index in [-0.39, 0.29) is 23.5 Å². The Balaban J connectivity index is 2.22. The van der Waals surface area contributed by atoms with E-state index in [1.54, 1.807) is 34.0 Å². The molecule has 0 bridgehead atoms. The predicted octanol–water partition coefficient (Wildman–Crippen LogP) is 3.57. The van der Waals surface area contributed by atoms with Crippen molar-refractivity contribution in [1.82, 2.24) is 16.0 Å². The summed E-state index contributed by atoms with van der Waals surface area (Å²) >= 11 is 0. The molecule has 0 aliphatic heterocycles.